The molecule has 2 atom stereocenters. The Balaban J connectivity index is 2.52. The van der Waals surface area contributed by atoms with Crippen LogP contribution in [-0.4, -0.2) is 17.5 Å². The first kappa shape index (κ1) is 12.9. The minimum absolute atomic E-state index is 0.0425. The van der Waals surface area contributed by atoms with Crippen molar-refractivity contribution >= 4 is 5.78 Å². The summed E-state index contributed by atoms with van der Waals surface area (Å²) in [6.45, 7) is 2.08. The Bertz CT molecular complexity index is 300. The predicted octanol–water partition coefficient (Wildman–Crippen LogP) is 2.65. The van der Waals surface area contributed by atoms with Gasteiger partial charge in [-0.15, -0.1) is 0 Å². The van der Waals surface area contributed by atoms with Gasteiger partial charge in [-0.05, 0) is 24.8 Å². The summed E-state index contributed by atoms with van der Waals surface area (Å²) in [5.41, 5.74) is 0. The van der Waals surface area contributed by atoms with Crippen molar-refractivity contribution in [2.75, 3.05) is 6.61 Å². The fraction of sp³-hybridized carbons (Fsp3) is 0.500. The van der Waals surface area contributed by atoms with Crippen LogP contribution in [0.1, 0.15) is 26.2 Å². The third kappa shape index (κ3) is 3.78. The van der Waals surface area contributed by atoms with E-state index in [0.717, 1.165) is 19.3 Å². The van der Waals surface area contributed by atoms with Gasteiger partial charge in [0.25, 0.3) is 0 Å². The average molecular weight is 220 g/mol. The average Bonchev–Trinajstić information content (AvgIpc) is 2.29. The Morgan fingerprint density at radius 1 is 1.50 bits per heavy atom. The number of aliphatic hydroxyl groups is 1. The highest BCUT2D eigenvalue weighted by Crippen LogP contribution is 2.23. The molecule has 0 unspecified atom stereocenters. The highest BCUT2D eigenvalue weighted by Gasteiger charge is 2.25. The van der Waals surface area contributed by atoms with Gasteiger partial charge < -0.3 is 5.11 Å². The Kier molecular flexibility index (Phi) is 5.79. The number of hydrogen-bond acceptors (Lipinski definition) is 2. The van der Waals surface area contributed by atoms with Gasteiger partial charge in [-0.1, -0.05) is 43.7 Å². The number of aliphatic hydroxyl groups excluding tert-OH is 1. The van der Waals surface area contributed by atoms with Crippen molar-refractivity contribution in [3.63, 3.8) is 0 Å². The molecule has 1 N–H and O–H groups in total. The van der Waals surface area contributed by atoms with Crippen LogP contribution in [0.25, 0.3) is 0 Å². The highest BCUT2D eigenvalue weighted by atomic mass is 16.3. The molecule has 1 aliphatic carbocycles. The zero-order chi connectivity index (χ0) is 11.8. The van der Waals surface area contributed by atoms with Crippen molar-refractivity contribution in [1.29, 1.82) is 0 Å². The molecule has 0 amide bonds. The molecule has 16 heavy (non-hydrogen) atoms. The standard InChI is InChI=1S/C14H20O2/c1-2-3-4-5-6-8-12-9-7-10-14(16)13(12)11-15/h4-8,10,12-13,15H,2-3,9,11H2,1H3/b5-4+,8-6+/t12-,13-/m1/s1. The normalized spacial score (nSPS) is 26.0. The van der Waals surface area contributed by atoms with Crippen molar-refractivity contribution < 1.29 is 9.90 Å². The second-order valence-electron chi connectivity index (χ2n) is 4.10. The second-order valence-corrected chi connectivity index (χ2v) is 4.10. The topological polar surface area (TPSA) is 37.3 Å². The summed E-state index contributed by atoms with van der Waals surface area (Å²) < 4.78 is 0. The zero-order valence-corrected chi connectivity index (χ0v) is 9.80. The molecule has 0 saturated carbocycles. The second kappa shape index (κ2) is 7.18. The molecule has 0 aromatic heterocycles. The SMILES string of the molecule is CCC/C=C/C=C/[C@@H]1CC=CC(=O)[C@@H]1CO. The molecular formula is C14H20O2. The van der Waals surface area contributed by atoms with Crippen molar-refractivity contribution in [3.8, 4) is 0 Å². The molecule has 0 radical (unpaired) electrons. The van der Waals surface area contributed by atoms with E-state index < -0.39 is 0 Å². The number of rotatable bonds is 5. The van der Waals surface area contributed by atoms with Crippen LogP contribution in [0, 0.1) is 11.8 Å². The molecule has 0 fully saturated rings. The van der Waals surface area contributed by atoms with Crippen molar-refractivity contribution in [2.24, 2.45) is 11.8 Å². The fourth-order valence-electron chi connectivity index (χ4n) is 1.83. The Morgan fingerprint density at radius 3 is 3.00 bits per heavy atom. The van der Waals surface area contributed by atoms with E-state index in [9.17, 15) is 4.79 Å². The molecule has 0 aromatic rings. The Labute approximate surface area is 97.4 Å². The van der Waals surface area contributed by atoms with Gasteiger partial charge in [-0.2, -0.15) is 0 Å². The van der Waals surface area contributed by atoms with Gasteiger partial charge in [0.2, 0.25) is 0 Å². The van der Waals surface area contributed by atoms with Crippen LogP contribution in [0.4, 0.5) is 0 Å². The lowest BCUT2D eigenvalue weighted by Crippen LogP contribution is -2.27. The van der Waals surface area contributed by atoms with Gasteiger partial charge in [0.05, 0.1) is 12.5 Å². The molecule has 2 nitrogen and oxygen atoms in total. The minimum atomic E-state index is -0.249. The minimum Gasteiger partial charge on any atom is -0.396 e. The third-order valence-corrected chi connectivity index (χ3v) is 2.83. The van der Waals surface area contributed by atoms with E-state index in [0.29, 0.717) is 0 Å². The lowest BCUT2D eigenvalue weighted by Gasteiger charge is -2.22. The van der Waals surface area contributed by atoms with Gasteiger partial charge in [0, 0.05) is 0 Å². The third-order valence-electron chi connectivity index (χ3n) is 2.83. The monoisotopic (exact) mass is 220 g/mol. The first-order chi connectivity index (χ1) is 7.79. The molecule has 0 heterocycles. The van der Waals surface area contributed by atoms with Crippen molar-refractivity contribution in [1.82, 2.24) is 0 Å². The van der Waals surface area contributed by atoms with Crippen LogP contribution in [0.3, 0.4) is 0 Å². The van der Waals surface area contributed by atoms with E-state index in [-0.39, 0.29) is 24.2 Å². The van der Waals surface area contributed by atoms with Crippen LogP contribution in [0.5, 0.6) is 0 Å². The number of carbonyl (C=O) groups excluding carboxylic acids is 1. The summed E-state index contributed by atoms with van der Waals surface area (Å²) in [7, 11) is 0. The molecule has 0 spiro atoms. The van der Waals surface area contributed by atoms with Crippen molar-refractivity contribution in [3.05, 3.63) is 36.5 Å². The molecule has 1 aliphatic rings. The molecule has 0 bridgehead atoms. The highest BCUT2D eigenvalue weighted by molar-refractivity contribution is 5.93. The molecule has 2 heteroatoms. The summed E-state index contributed by atoms with van der Waals surface area (Å²) in [5.74, 6) is -0.0597. The summed E-state index contributed by atoms with van der Waals surface area (Å²) in [4.78, 5) is 11.5. The maximum atomic E-state index is 11.5. The summed E-state index contributed by atoms with van der Waals surface area (Å²) in [6, 6.07) is 0. The summed E-state index contributed by atoms with van der Waals surface area (Å²) in [6.07, 6.45) is 14.7. The molecule has 0 aromatic carbocycles. The van der Waals surface area contributed by atoms with E-state index in [4.69, 9.17) is 5.11 Å². The number of ketones is 1. The molecule has 0 aliphatic heterocycles. The van der Waals surface area contributed by atoms with Crippen LogP contribution >= 0.6 is 0 Å². The van der Waals surface area contributed by atoms with Crippen molar-refractivity contribution in [2.45, 2.75) is 26.2 Å². The van der Waals surface area contributed by atoms with E-state index in [1.54, 1.807) is 6.08 Å². The Hall–Kier alpha value is -1.15. The van der Waals surface area contributed by atoms with Gasteiger partial charge in [-0.3, -0.25) is 4.79 Å². The summed E-state index contributed by atoms with van der Waals surface area (Å²) >= 11 is 0. The lowest BCUT2D eigenvalue weighted by molar-refractivity contribution is -0.121. The van der Waals surface area contributed by atoms with Crippen LogP contribution in [0.2, 0.25) is 0 Å². The maximum absolute atomic E-state index is 11.5. The predicted molar refractivity (Wildman–Crippen MR) is 66.0 cm³/mol. The van der Waals surface area contributed by atoms with E-state index in [1.807, 2.05) is 24.3 Å². The quantitative estimate of drug-likeness (QED) is 0.723. The first-order valence-corrected chi connectivity index (χ1v) is 5.94. The van der Waals surface area contributed by atoms with Crippen LogP contribution < -0.4 is 0 Å². The molecular weight excluding hydrogens is 200 g/mol. The fourth-order valence-corrected chi connectivity index (χ4v) is 1.83. The number of carbonyl (C=O) groups is 1. The smallest absolute Gasteiger partial charge is 0.161 e. The molecule has 88 valence electrons. The number of hydrogen-bond donors (Lipinski definition) is 1. The van der Waals surface area contributed by atoms with Crippen LogP contribution in [0.15, 0.2) is 36.5 Å². The van der Waals surface area contributed by atoms with Gasteiger partial charge in [-0.25, -0.2) is 0 Å². The van der Waals surface area contributed by atoms with Gasteiger partial charge in [0.15, 0.2) is 5.78 Å². The van der Waals surface area contributed by atoms with Gasteiger partial charge in [0.1, 0.15) is 0 Å². The lowest BCUT2D eigenvalue weighted by atomic mass is 9.82. The number of unbranched alkanes of at least 4 members (excludes halogenated alkanes) is 1. The Morgan fingerprint density at radius 2 is 2.31 bits per heavy atom. The van der Waals surface area contributed by atoms with E-state index >= 15 is 0 Å². The van der Waals surface area contributed by atoms with Crippen LogP contribution in [-0.2, 0) is 4.79 Å². The first-order valence-electron chi connectivity index (χ1n) is 5.94. The number of allylic oxidation sites excluding steroid dienone is 6. The largest absolute Gasteiger partial charge is 0.396 e. The zero-order valence-electron chi connectivity index (χ0n) is 9.80. The van der Waals surface area contributed by atoms with E-state index in [2.05, 4.69) is 13.0 Å². The van der Waals surface area contributed by atoms with E-state index in [1.165, 1.54) is 0 Å². The maximum Gasteiger partial charge on any atom is 0.161 e. The molecule has 1 rings (SSSR count). The molecule has 0 saturated heterocycles. The summed E-state index contributed by atoms with van der Waals surface area (Å²) in [5, 5.41) is 9.17. The van der Waals surface area contributed by atoms with Gasteiger partial charge >= 0.3 is 0 Å².